The van der Waals surface area contributed by atoms with Gasteiger partial charge < -0.3 is 0 Å². The minimum absolute atomic E-state index is 0.132. The first kappa shape index (κ1) is 31.8. The van der Waals surface area contributed by atoms with Crippen LogP contribution in [0.1, 0.15) is 25.0 Å². The molecule has 0 atom stereocenters. The Morgan fingerprint density at radius 1 is 0.375 bits per heavy atom. The Hall–Kier alpha value is -6.54. The standard InChI is InChI=1S/C55H36S/c1-55(2)48-31-26-35(32-47(48)45-27-24-34-25-28-46-39-18-12-13-23-49(39)56-54(46)51(34)53(45)55)36-29-30-44(38-17-7-6-16-37(36)38)52-42-21-10-8-19-40(42)50(33-14-4-3-5-15-33)41-20-9-11-22-43(41)52/h3-32H,1-2H3. The second-order valence-corrected chi connectivity index (χ2v) is 17.0. The molecule has 12 rings (SSSR count). The van der Waals surface area contributed by atoms with Gasteiger partial charge in [-0.05, 0) is 105 Å². The van der Waals surface area contributed by atoms with E-state index in [0.717, 1.165) is 0 Å². The van der Waals surface area contributed by atoms with Gasteiger partial charge in [-0.2, -0.15) is 0 Å². The number of fused-ring (bicyclic) bond motifs is 12. The van der Waals surface area contributed by atoms with Crippen LogP contribution in [0.3, 0.4) is 0 Å². The summed E-state index contributed by atoms with van der Waals surface area (Å²) in [4.78, 5) is 0. The van der Waals surface area contributed by atoms with Crippen LogP contribution in [0, 0.1) is 0 Å². The number of rotatable bonds is 3. The molecule has 1 heterocycles. The molecule has 1 heteroatoms. The predicted octanol–water partition coefficient (Wildman–Crippen LogP) is 16.0. The van der Waals surface area contributed by atoms with Crippen molar-refractivity contribution in [3.05, 3.63) is 193 Å². The summed E-state index contributed by atoms with van der Waals surface area (Å²) >= 11 is 1.94. The van der Waals surface area contributed by atoms with E-state index in [1.807, 2.05) is 11.3 Å². The van der Waals surface area contributed by atoms with Crippen molar-refractivity contribution < 1.29 is 0 Å². The molecule has 11 aromatic rings. The molecule has 0 unspecified atom stereocenters. The van der Waals surface area contributed by atoms with Crippen molar-refractivity contribution in [2.45, 2.75) is 19.3 Å². The molecule has 0 aliphatic heterocycles. The van der Waals surface area contributed by atoms with Gasteiger partial charge in [-0.15, -0.1) is 11.3 Å². The van der Waals surface area contributed by atoms with Crippen LogP contribution in [-0.2, 0) is 5.41 Å². The van der Waals surface area contributed by atoms with Gasteiger partial charge in [0.25, 0.3) is 0 Å². The summed E-state index contributed by atoms with van der Waals surface area (Å²) in [7, 11) is 0. The van der Waals surface area contributed by atoms with Crippen LogP contribution < -0.4 is 0 Å². The SMILES string of the molecule is CC1(C)c2ccc(-c3ccc(-c4c5ccccc5c(-c5ccccc5)c5ccccc45)c4ccccc34)cc2-c2ccc3ccc4c5ccccc5sc4c3c21. The van der Waals surface area contributed by atoms with E-state index >= 15 is 0 Å². The highest BCUT2D eigenvalue weighted by molar-refractivity contribution is 7.26. The Bertz CT molecular complexity index is 3380. The lowest BCUT2D eigenvalue weighted by Crippen LogP contribution is -2.15. The van der Waals surface area contributed by atoms with Crippen LogP contribution in [0.5, 0.6) is 0 Å². The molecule has 0 bridgehead atoms. The topological polar surface area (TPSA) is 0 Å². The number of thiophene rings is 1. The quantitative estimate of drug-likeness (QED) is 0.159. The van der Waals surface area contributed by atoms with Crippen LogP contribution in [0.25, 0.3) is 108 Å². The monoisotopic (exact) mass is 728 g/mol. The second kappa shape index (κ2) is 11.7. The number of hydrogen-bond acceptors (Lipinski definition) is 1. The lowest BCUT2D eigenvalue weighted by Gasteiger charge is -2.23. The Morgan fingerprint density at radius 2 is 0.929 bits per heavy atom. The Labute approximate surface area is 329 Å². The maximum absolute atomic E-state index is 2.47. The fraction of sp³-hybridized carbons (Fsp3) is 0.0545. The maximum Gasteiger partial charge on any atom is 0.0437 e. The minimum Gasteiger partial charge on any atom is -0.135 e. The van der Waals surface area contributed by atoms with E-state index in [1.165, 1.54) is 119 Å². The molecule has 0 fully saturated rings. The van der Waals surface area contributed by atoms with Gasteiger partial charge >= 0.3 is 0 Å². The molecule has 0 spiro atoms. The molecule has 1 aliphatic carbocycles. The van der Waals surface area contributed by atoms with Gasteiger partial charge in [0.05, 0.1) is 0 Å². The van der Waals surface area contributed by atoms with Gasteiger partial charge in [-0.3, -0.25) is 0 Å². The third kappa shape index (κ3) is 4.35. The zero-order chi connectivity index (χ0) is 37.1. The van der Waals surface area contributed by atoms with E-state index in [9.17, 15) is 0 Å². The van der Waals surface area contributed by atoms with Gasteiger partial charge in [0.1, 0.15) is 0 Å². The first-order valence-electron chi connectivity index (χ1n) is 19.6. The summed E-state index contributed by atoms with van der Waals surface area (Å²) in [6.07, 6.45) is 0. The summed E-state index contributed by atoms with van der Waals surface area (Å²) in [5.41, 5.74) is 13.1. The van der Waals surface area contributed by atoms with E-state index in [0.29, 0.717) is 0 Å². The third-order valence-electron chi connectivity index (χ3n) is 12.6. The van der Waals surface area contributed by atoms with Crippen LogP contribution in [0.4, 0.5) is 0 Å². The van der Waals surface area contributed by atoms with E-state index in [2.05, 4.69) is 196 Å². The fourth-order valence-electron chi connectivity index (χ4n) is 10.2. The van der Waals surface area contributed by atoms with Crippen LogP contribution in [0.15, 0.2) is 182 Å². The minimum atomic E-state index is -0.132. The summed E-state index contributed by atoms with van der Waals surface area (Å²) in [6, 6.07) is 68.1. The molecule has 1 aromatic heterocycles. The van der Waals surface area contributed by atoms with Gasteiger partial charge in [-0.1, -0.05) is 184 Å². The Morgan fingerprint density at radius 3 is 1.64 bits per heavy atom. The molecule has 0 radical (unpaired) electrons. The van der Waals surface area contributed by atoms with Crippen molar-refractivity contribution in [1.82, 2.24) is 0 Å². The van der Waals surface area contributed by atoms with E-state index < -0.39 is 0 Å². The third-order valence-corrected chi connectivity index (χ3v) is 13.8. The lowest BCUT2D eigenvalue weighted by atomic mass is 9.79. The molecule has 262 valence electrons. The second-order valence-electron chi connectivity index (χ2n) is 15.9. The van der Waals surface area contributed by atoms with Crippen molar-refractivity contribution >= 4 is 74.6 Å². The van der Waals surface area contributed by atoms with E-state index in [-0.39, 0.29) is 5.41 Å². The van der Waals surface area contributed by atoms with Crippen molar-refractivity contribution in [2.75, 3.05) is 0 Å². The fourth-order valence-corrected chi connectivity index (χ4v) is 11.4. The highest BCUT2D eigenvalue weighted by atomic mass is 32.1. The molecule has 0 nitrogen and oxygen atoms in total. The molecule has 0 saturated carbocycles. The van der Waals surface area contributed by atoms with Crippen molar-refractivity contribution in [1.29, 1.82) is 0 Å². The molecule has 56 heavy (non-hydrogen) atoms. The van der Waals surface area contributed by atoms with Gasteiger partial charge in [0.15, 0.2) is 0 Å². The zero-order valence-electron chi connectivity index (χ0n) is 31.2. The molecular formula is C55H36S. The highest BCUT2D eigenvalue weighted by Gasteiger charge is 2.38. The van der Waals surface area contributed by atoms with Crippen LogP contribution in [0.2, 0.25) is 0 Å². The van der Waals surface area contributed by atoms with Gasteiger partial charge in [0.2, 0.25) is 0 Å². The maximum atomic E-state index is 2.47. The molecule has 0 N–H and O–H groups in total. The van der Waals surface area contributed by atoms with Crippen LogP contribution >= 0.6 is 11.3 Å². The number of hydrogen-bond donors (Lipinski definition) is 0. The molecule has 10 aromatic carbocycles. The average molecular weight is 729 g/mol. The Kier molecular flexibility index (Phi) is 6.66. The highest BCUT2D eigenvalue weighted by Crippen LogP contribution is 2.55. The Balaban J connectivity index is 1.08. The van der Waals surface area contributed by atoms with Gasteiger partial charge in [-0.25, -0.2) is 0 Å². The molecule has 0 amide bonds. The van der Waals surface area contributed by atoms with E-state index in [1.54, 1.807) is 0 Å². The normalized spacial score (nSPS) is 13.3. The van der Waals surface area contributed by atoms with Crippen molar-refractivity contribution in [3.8, 4) is 44.5 Å². The number of benzene rings is 10. The summed E-state index contributed by atoms with van der Waals surface area (Å²) in [5.74, 6) is 0. The lowest BCUT2D eigenvalue weighted by molar-refractivity contribution is 0.667. The molecular weight excluding hydrogens is 693 g/mol. The largest absolute Gasteiger partial charge is 0.135 e. The molecule has 1 aliphatic rings. The summed E-state index contributed by atoms with van der Waals surface area (Å²) < 4.78 is 2.76. The van der Waals surface area contributed by atoms with Crippen LogP contribution in [-0.4, -0.2) is 0 Å². The summed E-state index contributed by atoms with van der Waals surface area (Å²) in [5, 5.41) is 13.1. The summed E-state index contributed by atoms with van der Waals surface area (Å²) in [6.45, 7) is 4.84. The zero-order valence-corrected chi connectivity index (χ0v) is 32.0. The predicted molar refractivity (Wildman–Crippen MR) is 243 cm³/mol. The van der Waals surface area contributed by atoms with Crippen molar-refractivity contribution in [3.63, 3.8) is 0 Å². The first-order valence-corrected chi connectivity index (χ1v) is 20.4. The average Bonchev–Trinajstić information content (AvgIpc) is 3.74. The smallest absolute Gasteiger partial charge is 0.0437 e. The van der Waals surface area contributed by atoms with Crippen molar-refractivity contribution in [2.24, 2.45) is 0 Å². The molecule has 0 saturated heterocycles. The van der Waals surface area contributed by atoms with E-state index in [4.69, 9.17) is 0 Å². The first-order chi connectivity index (χ1) is 27.6. The van der Waals surface area contributed by atoms with Gasteiger partial charge in [0, 0.05) is 31.0 Å².